The van der Waals surface area contributed by atoms with E-state index in [-0.39, 0.29) is 41.9 Å². The van der Waals surface area contributed by atoms with Crippen LogP contribution < -0.4 is 24.8 Å². The van der Waals surface area contributed by atoms with Crippen LogP contribution in [0.4, 0.5) is 11.4 Å². The minimum Gasteiger partial charge on any atom is -1.00 e. The van der Waals surface area contributed by atoms with E-state index in [9.17, 15) is 0 Å². The minimum atomic E-state index is 0. The van der Waals surface area contributed by atoms with E-state index in [1.165, 1.54) is 27.8 Å². The van der Waals surface area contributed by atoms with Crippen LogP contribution in [0.2, 0.25) is 0 Å². The van der Waals surface area contributed by atoms with Gasteiger partial charge in [0.2, 0.25) is 0 Å². The molecule has 2 aromatic carbocycles. The van der Waals surface area contributed by atoms with E-state index in [1.54, 1.807) is 0 Å². The molecule has 0 aliphatic rings. The summed E-state index contributed by atoms with van der Waals surface area (Å²) in [5, 5.41) is 0. The van der Waals surface area contributed by atoms with Gasteiger partial charge >= 0.3 is 17.1 Å². The number of pyridine rings is 1. The fraction of sp³-hybridized carbons (Fsp3) is 0.417. The molecule has 1 aromatic heterocycles. The first-order valence-electron chi connectivity index (χ1n) is 14.4. The Bertz CT molecular complexity index is 1330. The summed E-state index contributed by atoms with van der Waals surface area (Å²) >= 11 is 0. The van der Waals surface area contributed by atoms with E-state index in [4.69, 9.17) is 15.0 Å². The fourth-order valence-electron chi connectivity index (χ4n) is 4.97. The number of aromatic nitrogens is 1. The third-order valence-corrected chi connectivity index (χ3v) is 7.24. The standard InChI is InChI=1S/C36H47N3.2ClH.Fe/c1-12-15-28-20-31(24(6)7)36(32(21-28)25(8)9)38-27(11)34-19-14-18-33(39-34)26(10)37-35-29(22(2)3)16-13-17-30(35)23(4)5;;;/h12-14,16-25H,1,15H2,2-11H3;2*1H;/q;;;+2/p-2/b37-26+,38-27-;;;. The van der Waals surface area contributed by atoms with Crippen LogP contribution in [0.3, 0.4) is 0 Å². The number of benzene rings is 2. The molecular formula is C36H47Cl2FeN3. The van der Waals surface area contributed by atoms with Gasteiger partial charge < -0.3 is 24.8 Å². The monoisotopic (exact) mass is 647 g/mol. The van der Waals surface area contributed by atoms with Gasteiger partial charge in [0.15, 0.2) is 0 Å². The number of allylic oxidation sites excluding steroid dienone is 1. The summed E-state index contributed by atoms with van der Waals surface area (Å²) in [4.78, 5) is 15.4. The molecule has 228 valence electrons. The molecule has 6 heteroatoms. The molecule has 0 fully saturated rings. The van der Waals surface area contributed by atoms with Gasteiger partial charge in [-0.15, -0.1) is 6.58 Å². The second kappa shape index (κ2) is 17.8. The summed E-state index contributed by atoms with van der Waals surface area (Å²) in [6.45, 7) is 26.0. The Morgan fingerprint density at radius 2 is 1.02 bits per heavy atom. The fourth-order valence-corrected chi connectivity index (χ4v) is 4.97. The Morgan fingerprint density at radius 3 is 1.38 bits per heavy atom. The number of aliphatic imine (C=N–C) groups is 2. The Hall–Kier alpha value is -2.23. The molecule has 1 heterocycles. The van der Waals surface area contributed by atoms with Crippen molar-refractivity contribution >= 4 is 22.8 Å². The second-order valence-corrected chi connectivity index (χ2v) is 11.8. The Kier molecular flexibility index (Phi) is 16.8. The van der Waals surface area contributed by atoms with Crippen molar-refractivity contribution in [2.75, 3.05) is 0 Å². The molecule has 0 spiro atoms. The first-order valence-corrected chi connectivity index (χ1v) is 14.4. The number of para-hydroxylation sites is 1. The van der Waals surface area contributed by atoms with Gasteiger partial charge in [-0.3, -0.25) is 9.98 Å². The molecule has 0 saturated carbocycles. The van der Waals surface area contributed by atoms with Gasteiger partial charge in [-0.25, -0.2) is 4.98 Å². The molecule has 0 N–H and O–H groups in total. The molecule has 0 saturated heterocycles. The van der Waals surface area contributed by atoms with Gasteiger partial charge in [0.1, 0.15) is 0 Å². The number of halogens is 2. The molecule has 3 nitrogen and oxygen atoms in total. The van der Waals surface area contributed by atoms with Gasteiger partial charge in [-0.05, 0) is 83.9 Å². The Morgan fingerprint density at radius 1 is 0.667 bits per heavy atom. The van der Waals surface area contributed by atoms with Crippen LogP contribution in [-0.4, -0.2) is 16.4 Å². The normalized spacial score (nSPS) is 11.9. The van der Waals surface area contributed by atoms with Crippen molar-refractivity contribution in [1.29, 1.82) is 0 Å². The average molecular weight is 649 g/mol. The van der Waals surface area contributed by atoms with Gasteiger partial charge in [-0.2, -0.15) is 0 Å². The zero-order valence-electron chi connectivity index (χ0n) is 26.9. The predicted molar refractivity (Wildman–Crippen MR) is 171 cm³/mol. The molecular weight excluding hydrogens is 601 g/mol. The summed E-state index contributed by atoms with van der Waals surface area (Å²) in [5.41, 5.74) is 12.1. The van der Waals surface area contributed by atoms with E-state index >= 15 is 0 Å². The number of hydrogen-bond acceptors (Lipinski definition) is 3. The summed E-state index contributed by atoms with van der Waals surface area (Å²) in [5.74, 6) is 1.52. The van der Waals surface area contributed by atoms with Crippen molar-refractivity contribution in [3.8, 4) is 0 Å². The van der Waals surface area contributed by atoms with E-state index in [0.717, 1.165) is 40.6 Å². The van der Waals surface area contributed by atoms with Crippen LogP contribution in [0.25, 0.3) is 0 Å². The van der Waals surface area contributed by atoms with Gasteiger partial charge in [0.25, 0.3) is 0 Å². The van der Waals surface area contributed by atoms with Crippen molar-refractivity contribution < 1.29 is 41.9 Å². The van der Waals surface area contributed by atoms with Crippen LogP contribution in [0.1, 0.15) is 132 Å². The molecule has 0 unspecified atom stereocenters. The van der Waals surface area contributed by atoms with E-state index in [2.05, 4.69) is 112 Å². The van der Waals surface area contributed by atoms with Crippen molar-refractivity contribution in [1.82, 2.24) is 4.98 Å². The SMILES string of the molecule is C=CCc1cc(C(C)C)c(/N=C(/C)c2cccc(/C(C)=N/c3c(C(C)C)cccc3C(C)C)n2)c(C(C)C)c1.[Cl-].[Cl-].[Fe+2]. The molecule has 0 radical (unpaired) electrons. The molecule has 0 amide bonds. The number of nitrogens with zero attached hydrogens (tertiary/aromatic N) is 3. The topological polar surface area (TPSA) is 37.6 Å². The largest absolute Gasteiger partial charge is 2.00 e. The van der Waals surface area contributed by atoms with Crippen LogP contribution >= 0.6 is 0 Å². The predicted octanol–water partition coefficient (Wildman–Crippen LogP) is 4.59. The third-order valence-electron chi connectivity index (χ3n) is 7.24. The molecule has 0 aliphatic carbocycles. The maximum absolute atomic E-state index is 5.22. The summed E-state index contributed by atoms with van der Waals surface area (Å²) < 4.78 is 0. The average Bonchev–Trinajstić information content (AvgIpc) is 2.88. The molecule has 3 rings (SSSR count). The van der Waals surface area contributed by atoms with Crippen LogP contribution in [0.5, 0.6) is 0 Å². The van der Waals surface area contributed by atoms with E-state index < -0.39 is 0 Å². The summed E-state index contributed by atoms with van der Waals surface area (Å²) in [6, 6.07) is 17.3. The smallest absolute Gasteiger partial charge is 1.00 e. The van der Waals surface area contributed by atoms with E-state index in [1.807, 2.05) is 18.2 Å². The van der Waals surface area contributed by atoms with Crippen molar-refractivity contribution in [2.45, 2.75) is 99.3 Å². The quantitative estimate of drug-likeness (QED) is 0.180. The molecule has 3 aromatic rings. The second-order valence-electron chi connectivity index (χ2n) is 11.8. The van der Waals surface area contributed by atoms with Crippen LogP contribution in [0.15, 0.2) is 71.2 Å². The van der Waals surface area contributed by atoms with Gasteiger partial charge in [0.05, 0.1) is 34.2 Å². The third kappa shape index (κ3) is 9.64. The first-order chi connectivity index (χ1) is 18.4. The number of hydrogen-bond donors (Lipinski definition) is 0. The summed E-state index contributed by atoms with van der Waals surface area (Å²) in [6.07, 6.45) is 2.84. The zero-order chi connectivity index (χ0) is 28.9. The Labute approximate surface area is 278 Å². The molecule has 42 heavy (non-hydrogen) atoms. The van der Waals surface area contributed by atoms with Crippen molar-refractivity contribution in [2.24, 2.45) is 9.98 Å². The molecule has 0 atom stereocenters. The zero-order valence-corrected chi connectivity index (χ0v) is 29.5. The van der Waals surface area contributed by atoms with Gasteiger partial charge in [0, 0.05) is 0 Å². The molecule has 0 bridgehead atoms. The summed E-state index contributed by atoms with van der Waals surface area (Å²) in [7, 11) is 0. The maximum Gasteiger partial charge on any atom is 2.00 e. The maximum atomic E-state index is 5.22. The first kappa shape index (κ1) is 39.8. The van der Waals surface area contributed by atoms with Gasteiger partial charge in [-0.1, -0.05) is 97.9 Å². The minimum absolute atomic E-state index is 0. The Balaban J connectivity index is 0.00000560. The number of rotatable bonds is 10. The van der Waals surface area contributed by atoms with Crippen LogP contribution in [0, 0.1) is 0 Å². The van der Waals surface area contributed by atoms with Crippen LogP contribution in [-0.2, 0) is 23.5 Å². The van der Waals surface area contributed by atoms with Crippen molar-refractivity contribution in [3.63, 3.8) is 0 Å². The molecule has 0 aliphatic heterocycles. The van der Waals surface area contributed by atoms with Crippen molar-refractivity contribution in [3.05, 3.63) is 100 Å². The van der Waals surface area contributed by atoms with E-state index in [0.29, 0.717) is 23.7 Å².